The van der Waals surface area contributed by atoms with Crippen molar-refractivity contribution in [3.8, 4) is 0 Å². The summed E-state index contributed by atoms with van der Waals surface area (Å²) in [7, 11) is 0. The van der Waals surface area contributed by atoms with Gasteiger partial charge in [0.2, 0.25) is 0 Å². The Bertz CT molecular complexity index is 1700. The molecule has 0 bridgehead atoms. The largest absolute Gasteiger partial charge is 0.436 e. The highest BCUT2D eigenvalue weighted by atomic mass is 19.4. The van der Waals surface area contributed by atoms with Crippen LogP contribution in [0.4, 0.5) is 36.8 Å². The number of carbonyl (C=O) groups is 2. The molecule has 0 radical (unpaired) electrons. The minimum atomic E-state index is -5.20. The number of likely N-dealkylation sites (tertiary alicyclic amines) is 3. The number of aromatic amines is 1. The topological polar surface area (TPSA) is 117 Å². The normalized spacial score (nSPS) is 19.5. The van der Waals surface area contributed by atoms with E-state index in [1.807, 2.05) is 6.07 Å². The van der Waals surface area contributed by atoms with E-state index < -0.39 is 59.3 Å². The van der Waals surface area contributed by atoms with Crippen molar-refractivity contribution in [1.82, 2.24) is 24.3 Å². The Hall–Kier alpha value is -4.21. The number of amides is 2. The molecule has 3 aliphatic rings. The minimum Gasteiger partial charge on any atom is -0.436 e. The molecule has 1 atom stereocenters. The van der Waals surface area contributed by atoms with Crippen LogP contribution in [0.5, 0.6) is 0 Å². The zero-order chi connectivity index (χ0) is 35.1. The molecule has 16 heteroatoms. The fourth-order valence-corrected chi connectivity index (χ4v) is 7.39. The number of nitrogens with one attached hydrogen (secondary N) is 1. The molecular formula is C33H38F6N6O4. The molecule has 3 N–H and O–H groups in total. The third-order valence-electron chi connectivity index (χ3n) is 9.94. The Morgan fingerprint density at radius 1 is 0.837 bits per heavy atom. The Morgan fingerprint density at radius 2 is 1.39 bits per heavy atom. The number of nitrogen functional groups attached to an aromatic ring is 1. The van der Waals surface area contributed by atoms with Gasteiger partial charge >= 0.3 is 24.1 Å². The number of H-pyrrole nitrogens is 1. The highest BCUT2D eigenvalue weighted by molar-refractivity contribution is 5.84. The molecule has 10 nitrogen and oxygen atoms in total. The van der Waals surface area contributed by atoms with Gasteiger partial charge in [0.1, 0.15) is 0 Å². The second-order valence-corrected chi connectivity index (χ2v) is 13.0. The molecule has 0 unspecified atom stereocenters. The molecule has 6 rings (SSSR count). The van der Waals surface area contributed by atoms with E-state index in [1.54, 1.807) is 22.8 Å². The van der Waals surface area contributed by atoms with E-state index in [1.165, 1.54) is 9.80 Å². The van der Waals surface area contributed by atoms with Crippen LogP contribution < -0.4 is 11.4 Å². The molecule has 4 heterocycles. The summed E-state index contributed by atoms with van der Waals surface area (Å²) in [6.45, 7) is 2.84. The van der Waals surface area contributed by atoms with Crippen LogP contribution >= 0.6 is 0 Å². The highest BCUT2D eigenvalue weighted by Gasteiger charge is 2.42. The number of piperidine rings is 2. The zero-order valence-electron chi connectivity index (χ0n) is 26.7. The number of halogens is 6. The van der Waals surface area contributed by atoms with E-state index in [0.717, 1.165) is 25.9 Å². The zero-order valence-corrected chi connectivity index (χ0v) is 26.7. The summed E-state index contributed by atoms with van der Waals surface area (Å²) in [6.07, 6.45) is -9.50. The molecule has 49 heavy (non-hydrogen) atoms. The number of imidazole rings is 1. The minimum absolute atomic E-state index is 0.149. The quantitative estimate of drug-likeness (QED) is 0.263. The average Bonchev–Trinajstić information content (AvgIpc) is 3.72. The van der Waals surface area contributed by atoms with E-state index >= 15 is 0 Å². The van der Waals surface area contributed by atoms with Crippen LogP contribution in [0.1, 0.15) is 61.3 Å². The van der Waals surface area contributed by atoms with Crippen molar-refractivity contribution in [3.05, 3.63) is 63.6 Å². The molecule has 0 aliphatic carbocycles. The van der Waals surface area contributed by atoms with Crippen LogP contribution in [-0.4, -0.2) is 87.7 Å². The number of fused-ring (bicyclic) bond motifs is 1. The number of ether oxygens (including phenoxy) is 1. The van der Waals surface area contributed by atoms with Gasteiger partial charge < -0.3 is 30.2 Å². The first-order valence-electron chi connectivity index (χ1n) is 16.4. The lowest BCUT2D eigenvalue weighted by molar-refractivity contribution is -0.142. The van der Waals surface area contributed by atoms with Gasteiger partial charge in [-0.2, -0.15) is 26.3 Å². The Morgan fingerprint density at radius 3 is 1.98 bits per heavy atom. The van der Waals surface area contributed by atoms with Crippen molar-refractivity contribution >= 4 is 28.7 Å². The van der Waals surface area contributed by atoms with Gasteiger partial charge in [0.05, 0.1) is 27.8 Å². The van der Waals surface area contributed by atoms with Crippen molar-refractivity contribution < 1.29 is 40.7 Å². The maximum absolute atomic E-state index is 13.9. The molecule has 266 valence electrons. The molecule has 3 fully saturated rings. The van der Waals surface area contributed by atoms with Crippen molar-refractivity contribution in [3.63, 3.8) is 0 Å². The number of anilines is 1. The second kappa shape index (κ2) is 13.6. The van der Waals surface area contributed by atoms with Gasteiger partial charge in [0.25, 0.3) is 5.91 Å². The van der Waals surface area contributed by atoms with E-state index in [0.29, 0.717) is 61.9 Å². The lowest BCUT2D eigenvalue weighted by Gasteiger charge is -2.38. The summed E-state index contributed by atoms with van der Waals surface area (Å²) in [6, 6.07) is 8.17. The fourth-order valence-electron chi connectivity index (χ4n) is 7.39. The van der Waals surface area contributed by atoms with Gasteiger partial charge in [-0.3, -0.25) is 9.36 Å². The number of hydrogen-bond donors (Lipinski definition) is 2. The molecule has 2 aromatic carbocycles. The number of hydrogen-bond acceptors (Lipinski definition) is 6. The Kier molecular flexibility index (Phi) is 9.61. The maximum atomic E-state index is 13.9. The Balaban J connectivity index is 1.21. The molecule has 2 amide bonds. The number of alkyl halides is 6. The summed E-state index contributed by atoms with van der Waals surface area (Å²) in [5, 5.41) is 0. The van der Waals surface area contributed by atoms with Crippen LogP contribution in [0, 0.1) is 0 Å². The fraction of sp³-hybridized carbons (Fsp3) is 0.545. The second-order valence-electron chi connectivity index (χ2n) is 13.0. The SMILES string of the molecule is Nc1c(C(F)(F)F)cc(C[C@@H](OC(=O)N2CCC(n3c(=O)[nH]c4ccccc43)CC2)C(=O)N2CCC(N3CCCC3)CC2)cc1C(F)(F)F. The van der Waals surface area contributed by atoms with Crippen molar-refractivity contribution in [1.29, 1.82) is 0 Å². The molecule has 1 aromatic heterocycles. The van der Waals surface area contributed by atoms with E-state index in [9.17, 15) is 40.7 Å². The summed E-state index contributed by atoms with van der Waals surface area (Å²) in [5.74, 6) is -0.688. The standard InChI is InChI=1S/C33H38F6N6O4/c34-32(35,36)23-17-20(18-24(28(23)40)33(37,38)39)19-27(29(46)43-13-7-21(8-14-43)42-11-3-4-12-42)49-31(48)44-15-9-22(10-16-44)45-26-6-2-1-5-25(26)41-30(45)47/h1-2,5-6,17-18,21-22,27H,3-4,7-16,19,40H2,(H,41,47)/t27-/m1/s1. The number of carbonyl (C=O) groups excluding carboxylic acids is 2. The molecule has 3 saturated heterocycles. The van der Waals surface area contributed by atoms with Crippen LogP contribution in [0.25, 0.3) is 11.0 Å². The first kappa shape index (κ1) is 34.6. The van der Waals surface area contributed by atoms with Gasteiger partial charge in [0.15, 0.2) is 6.10 Å². The third-order valence-corrected chi connectivity index (χ3v) is 9.94. The lowest BCUT2D eigenvalue weighted by Crippen LogP contribution is -2.51. The first-order chi connectivity index (χ1) is 23.2. The van der Waals surface area contributed by atoms with E-state index in [-0.39, 0.29) is 30.9 Å². The number of nitrogens with zero attached hydrogens (tertiary/aromatic N) is 4. The van der Waals surface area contributed by atoms with E-state index in [2.05, 4.69) is 9.88 Å². The van der Waals surface area contributed by atoms with Crippen molar-refractivity contribution in [2.75, 3.05) is 45.0 Å². The van der Waals surface area contributed by atoms with Gasteiger partial charge in [-0.1, -0.05) is 12.1 Å². The maximum Gasteiger partial charge on any atom is 0.418 e. The first-order valence-corrected chi connectivity index (χ1v) is 16.4. The third kappa shape index (κ3) is 7.38. The number of nitrogens with two attached hydrogens (primary N) is 1. The summed E-state index contributed by atoms with van der Waals surface area (Å²) >= 11 is 0. The summed E-state index contributed by atoms with van der Waals surface area (Å²) in [5.41, 5.74) is 1.09. The molecule has 0 saturated carbocycles. The molecule has 0 spiro atoms. The molecule has 3 aliphatic heterocycles. The van der Waals surface area contributed by atoms with Crippen LogP contribution in [0.2, 0.25) is 0 Å². The van der Waals surface area contributed by atoms with Gasteiger partial charge in [-0.25, -0.2) is 9.59 Å². The summed E-state index contributed by atoms with van der Waals surface area (Å²) < 4.78 is 90.1. The Labute approximate surface area is 277 Å². The number of rotatable bonds is 6. The smallest absolute Gasteiger partial charge is 0.418 e. The van der Waals surface area contributed by atoms with Crippen LogP contribution in [0.3, 0.4) is 0 Å². The number of aromatic nitrogens is 2. The van der Waals surface area contributed by atoms with Gasteiger partial charge in [-0.15, -0.1) is 0 Å². The van der Waals surface area contributed by atoms with E-state index in [4.69, 9.17) is 10.5 Å². The molecular weight excluding hydrogens is 658 g/mol. The molecule has 3 aromatic rings. The van der Waals surface area contributed by atoms with Gasteiger partial charge in [0, 0.05) is 44.7 Å². The predicted molar refractivity (Wildman–Crippen MR) is 168 cm³/mol. The van der Waals surface area contributed by atoms with Crippen molar-refractivity contribution in [2.24, 2.45) is 0 Å². The monoisotopic (exact) mass is 696 g/mol. The van der Waals surface area contributed by atoms with Gasteiger partial charge in [-0.05, 0) is 81.4 Å². The lowest BCUT2D eigenvalue weighted by atomic mass is 9.97. The highest BCUT2D eigenvalue weighted by Crippen LogP contribution is 2.42. The van der Waals surface area contributed by atoms with Crippen molar-refractivity contribution in [2.45, 2.75) is 75.5 Å². The number of para-hydroxylation sites is 2. The number of benzene rings is 2. The average molecular weight is 697 g/mol. The predicted octanol–water partition coefficient (Wildman–Crippen LogP) is 5.42. The summed E-state index contributed by atoms with van der Waals surface area (Å²) in [4.78, 5) is 48.0. The van der Waals surface area contributed by atoms with Crippen LogP contribution in [-0.2, 0) is 28.3 Å². The van der Waals surface area contributed by atoms with Crippen LogP contribution in [0.15, 0.2) is 41.2 Å².